The third-order valence-electron chi connectivity index (χ3n) is 3.80. The fraction of sp³-hybridized carbons (Fsp3) is 0.400. The highest BCUT2D eigenvalue weighted by Crippen LogP contribution is 2.28. The summed E-state index contributed by atoms with van der Waals surface area (Å²) in [4.78, 5) is 25.4. The van der Waals surface area contributed by atoms with Crippen molar-refractivity contribution in [2.75, 3.05) is 33.4 Å². The molecule has 2 amide bonds. The van der Waals surface area contributed by atoms with Crippen molar-refractivity contribution in [1.29, 1.82) is 0 Å². The van der Waals surface area contributed by atoms with E-state index < -0.39 is 0 Å². The van der Waals surface area contributed by atoms with E-state index in [0.29, 0.717) is 37.7 Å². The fourth-order valence-electron chi connectivity index (χ4n) is 2.53. The largest absolute Gasteiger partial charge is 0.490 e. The van der Waals surface area contributed by atoms with Gasteiger partial charge in [-0.1, -0.05) is 6.07 Å². The maximum absolute atomic E-state index is 12.0. The lowest BCUT2D eigenvalue weighted by atomic mass is 10.1. The molecule has 0 radical (unpaired) electrons. The van der Waals surface area contributed by atoms with Gasteiger partial charge >= 0.3 is 0 Å². The molecule has 1 N–H and O–H groups in total. The van der Waals surface area contributed by atoms with E-state index in [1.165, 1.54) is 11.2 Å². The topological polar surface area (TPSA) is 81.0 Å². The van der Waals surface area contributed by atoms with E-state index in [9.17, 15) is 9.59 Å². The van der Waals surface area contributed by atoms with E-state index in [1.807, 2.05) is 32.0 Å². The molecule has 0 saturated carbocycles. The van der Waals surface area contributed by atoms with Crippen molar-refractivity contribution >= 4 is 11.8 Å². The summed E-state index contributed by atoms with van der Waals surface area (Å²) in [5.41, 5.74) is 1.03. The smallest absolute Gasteiger partial charge is 0.289 e. The van der Waals surface area contributed by atoms with Gasteiger partial charge in [-0.15, -0.1) is 0 Å². The number of carbonyl (C=O) groups is 2. The maximum Gasteiger partial charge on any atom is 0.289 e. The highest BCUT2D eigenvalue weighted by molar-refractivity contribution is 5.94. The van der Waals surface area contributed by atoms with Gasteiger partial charge in [0, 0.05) is 13.6 Å². The van der Waals surface area contributed by atoms with Gasteiger partial charge in [0.1, 0.15) is 0 Å². The molecule has 0 spiro atoms. The Morgan fingerprint density at radius 2 is 1.85 bits per heavy atom. The Hall–Kier alpha value is -2.96. The SMILES string of the molecule is CCOc1ccc(CCNC(=O)CN(C)C(=O)c2ccco2)cc1OCC. The molecule has 0 fully saturated rings. The van der Waals surface area contributed by atoms with Crippen LogP contribution in [0.15, 0.2) is 41.0 Å². The highest BCUT2D eigenvalue weighted by atomic mass is 16.5. The fourth-order valence-corrected chi connectivity index (χ4v) is 2.53. The Bertz CT molecular complexity index is 743. The Morgan fingerprint density at radius 1 is 1.11 bits per heavy atom. The number of carbonyl (C=O) groups excluding carboxylic acids is 2. The van der Waals surface area contributed by atoms with Gasteiger partial charge < -0.3 is 24.1 Å². The number of hydrogen-bond donors (Lipinski definition) is 1. The van der Waals surface area contributed by atoms with Gasteiger partial charge in [-0.2, -0.15) is 0 Å². The predicted octanol–water partition coefficient (Wildman–Crippen LogP) is 2.51. The monoisotopic (exact) mass is 374 g/mol. The zero-order valence-corrected chi connectivity index (χ0v) is 16.0. The lowest BCUT2D eigenvalue weighted by Gasteiger charge is -2.15. The van der Waals surface area contributed by atoms with Crippen LogP contribution in [-0.2, 0) is 11.2 Å². The molecule has 1 aromatic heterocycles. The average molecular weight is 374 g/mol. The molecule has 27 heavy (non-hydrogen) atoms. The summed E-state index contributed by atoms with van der Waals surface area (Å²) in [6.45, 7) is 5.39. The first-order valence-electron chi connectivity index (χ1n) is 8.99. The van der Waals surface area contributed by atoms with Gasteiger partial charge in [0.15, 0.2) is 17.3 Å². The minimum Gasteiger partial charge on any atom is -0.490 e. The van der Waals surface area contributed by atoms with Crippen LogP contribution >= 0.6 is 0 Å². The van der Waals surface area contributed by atoms with Crippen LogP contribution in [0.2, 0.25) is 0 Å². The Labute approximate surface area is 159 Å². The minimum absolute atomic E-state index is 0.0347. The highest BCUT2D eigenvalue weighted by Gasteiger charge is 2.16. The molecule has 2 aromatic rings. The molecule has 0 saturated heterocycles. The standard InChI is InChI=1S/C20H26N2O5/c1-4-25-16-9-8-15(13-18(16)26-5-2)10-11-21-19(23)14-22(3)20(24)17-7-6-12-27-17/h6-9,12-13H,4-5,10-11,14H2,1-3H3,(H,21,23). The van der Waals surface area contributed by atoms with Crippen LogP contribution in [0.5, 0.6) is 11.5 Å². The second-order valence-electron chi connectivity index (χ2n) is 5.89. The Balaban J connectivity index is 1.82. The molecule has 0 unspecified atom stereocenters. The second kappa shape index (κ2) is 10.3. The molecule has 0 aliphatic carbocycles. The predicted molar refractivity (Wildman–Crippen MR) is 101 cm³/mol. The number of nitrogens with one attached hydrogen (secondary N) is 1. The summed E-state index contributed by atoms with van der Waals surface area (Å²) < 4.78 is 16.2. The van der Waals surface area contributed by atoms with Crippen LogP contribution in [-0.4, -0.2) is 50.1 Å². The number of amides is 2. The van der Waals surface area contributed by atoms with Crippen LogP contribution in [0, 0.1) is 0 Å². The van der Waals surface area contributed by atoms with Crippen molar-refractivity contribution in [2.45, 2.75) is 20.3 Å². The molecule has 0 atom stereocenters. The van der Waals surface area contributed by atoms with E-state index >= 15 is 0 Å². The molecule has 146 valence electrons. The van der Waals surface area contributed by atoms with Crippen LogP contribution in [0.25, 0.3) is 0 Å². The third kappa shape index (κ3) is 6.06. The van der Waals surface area contributed by atoms with E-state index in [0.717, 1.165) is 5.56 Å². The van der Waals surface area contributed by atoms with Crippen molar-refractivity contribution in [2.24, 2.45) is 0 Å². The number of hydrogen-bond acceptors (Lipinski definition) is 5. The van der Waals surface area contributed by atoms with Gasteiger partial charge in [-0.05, 0) is 50.1 Å². The summed E-state index contributed by atoms with van der Waals surface area (Å²) in [7, 11) is 1.56. The van der Waals surface area contributed by atoms with Gasteiger partial charge in [0.25, 0.3) is 5.91 Å². The molecular weight excluding hydrogens is 348 g/mol. The first kappa shape index (κ1) is 20.4. The summed E-state index contributed by atoms with van der Waals surface area (Å²) in [6, 6.07) is 8.95. The van der Waals surface area contributed by atoms with Crippen molar-refractivity contribution in [1.82, 2.24) is 10.2 Å². The summed E-state index contributed by atoms with van der Waals surface area (Å²) >= 11 is 0. The normalized spacial score (nSPS) is 10.3. The number of benzene rings is 1. The van der Waals surface area contributed by atoms with E-state index in [2.05, 4.69) is 5.32 Å². The quantitative estimate of drug-likeness (QED) is 0.691. The molecule has 7 nitrogen and oxygen atoms in total. The molecular formula is C20H26N2O5. The Kier molecular flexibility index (Phi) is 7.73. The molecule has 1 aromatic carbocycles. The number of furan rings is 1. The van der Waals surface area contributed by atoms with E-state index in [4.69, 9.17) is 13.9 Å². The van der Waals surface area contributed by atoms with Crippen molar-refractivity contribution < 1.29 is 23.5 Å². The van der Waals surface area contributed by atoms with Crippen LogP contribution in [0.1, 0.15) is 30.0 Å². The van der Waals surface area contributed by atoms with Gasteiger partial charge in [0.05, 0.1) is 26.0 Å². The summed E-state index contributed by atoms with van der Waals surface area (Å²) in [5, 5.41) is 2.82. The Morgan fingerprint density at radius 3 is 2.52 bits per heavy atom. The van der Waals surface area contributed by atoms with Crippen LogP contribution in [0.3, 0.4) is 0 Å². The lowest BCUT2D eigenvalue weighted by Crippen LogP contribution is -2.38. The number of rotatable bonds is 10. The number of ether oxygens (including phenoxy) is 2. The summed E-state index contributed by atoms with van der Waals surface area (Å²) in [5.74, 6) is 1.07. The van der Waals surface area contributed by atoms with Gasteiger partial charge in [0.2, 0.25) is 5.91 Å². The minimum atomic E-state index is -0.331. The first-order valence-corrected chi connectivity index (χ1v) is 8.99. The molecule has 0 aliphatic rings. The molecule has 0 bridgehead atoms. The van der Waals surface area contributed by atoms with Gasteiger partial charge in [-0.3, -0.25) is 9.59 Å². The molecule has 2 rings (SSSR count). The maximum atomic E-state index is 12.0. The van der Waals surface area contributed by atoms with Crippen molar-refractivity contribution in [3.63, 3.8) is 0 Å². The second-order valence-corrected chi connectivity index (χ2v) is 5.89. The number of nitrogens with zero attached hydrogens (tertiary/aromatic N) is 1. The van der Waals surface area contributed by atoms with Crippen LogP contribution < -0.4 is 14.8 Å². The molecule has 0 aliphatic heterocycles. The zero-order valence-electron chi connectivity index (χ0n) is 16.0. The van der Waals surface area contributed by atoms with Crippen molar-refractivity contribution in [3.05, 3.63) is 47.9 Å². The molecule has 7 heteroatoms. The van der Waals surface area contributed by atoms with Gasteiger partial charge in [-0.25, -0.2) is 0 Å². The van der Waals surface area contributed by atoms with Crippen molar-refractivity contribution in [3.8, 4) is 11.5 Å². The average Bonchev–Trinajstić information content (AvgIpc) is 3.18. The third-order valence-corrected chi connectivity index (χ3v) is 3.80. The zero-order chi connectivity index (χ0) is 19.6. The summed E-state index contributed by atoms with van der Waals surface area (Å²) in [6.07, 6.45) is 2.07. The number of likely N-dealkylation sites (N-methyl/N-ethyl adjacent to an activating group) is 1. The lowest BCUT2D eigenvalue weighted by molar-refractivity contribution is -0.121. The van der Waals surface area contributed by atoms with E-state index in [1.54, 1.807) is 19.2 Å². The first-order chi connectivity index (χ1) is 13.0. The molecule has 1 heterocycles. The van der Waals surface area contributed by atoms with E-state index in [-0.39, 0.29) is 24.1 Å². The van der Waals surface area contributed by atoms with Crippen LogP contribution in [0.4, 0.5) is 0 Å².